The van der Waals surface area contributed by atoms with Crippen molar-refractivity contribution < 1.29 is 62.7 Å². The third-order valence-corrected chi connectivity index (χ3v) is 10.8. The molecule has 350 valence electrons. The van der Waals surface area contributed by atoms with Crippen LogP contribution in [0.25, 0.3) is 10.9 Å². The lowest BCUT2D eigenvalue weighted by molar-refractivity contribution is -0.142. The number of aliphatic hydroxyl groups is 2. The number of carbonyl (C=O) groups is 9. The number of phenols is 1. The number of hydrogen-bond acceptors (Lipinski definition) is 14. The van der Waals surface area contributed by atoms with E-state index in [1.807, 2.05) is 13.0 Å². The van der Waals surface area contributed by atoms with Gasteiger partial charge in [0.2, 0.25) is 47.3 Å². The van der Waals surface area contributed by atoms with Gasteiger partial charge in [0.25, 0.3) is 0 Å². The van der Waals surface area contributed by atoms with Gasteiger partial charge in [-0.1, -0.05) is 20.3 Å². The Kier molecular flexibility index (Phi) is 22.3. The number of primary amides is 1. The largest absolute Gasteiger partial charge is 0.508 e. The van der Waals surface area contributed by atoms with E-state index in [2.05, 4.69) is 42.2 Å². The number of carbonyl (C=O) groups excluding carboxylic acids is 9. The van der Waals surface area contributed by atoms with Gasteiger partial charge >= 0.3 is 0 Å². The number of H-pyrrole nitrogens is 1. The van der Waals surface area contributed by atoms with E-state index in [0.29, 0.717) is 12.7 Å². The van der Waals surface area contributed by atoms with Gasteiger partial charge in [0, 0.05) is 37.3 Å². The minimum Gasteiger partial charge on any atom is -0.508 e. The Hall–Kier alpha value is -5.98. The number of aliphatic hydroxyl groups excluding tert-OH is 2. The fourth-order valence-electron chi connectivity index (χ4n) is 6.52. The molecule has 0 aliphatic carbocycles. The predicted molar refractivity (Wildman–Crippen MR) is 228 cm³/mol. The van der Waals surface area contributed by atoms with Gasteiger partial charge in [0.05, 0.1) is 61.1 Å². The number of amides is 8. The minimum atomic E-state index is -1.27. The number of aromatic hydroxyl groups is 1. The van der Waals surface area contributed by atoms with Gasteiger partial charge < -0.3 is 72.9 Å². The van der Waals surface area contributed by atoms with Crippen molar-refractivity contribution in [2.24, 2.45) is 11.7 Å². The molecule has 1 aromatic carbocycles. The van der Waals surface area contributed by atoms with Gasteiger partial charge in [-0.3, -0.25) is 42.6 Å². The molecule has 24 heteroatoms. The van der Waals surface area contributed by atoms with E-state index in [0.717, 1.165) is 26.4 Å². The monoisotopic (exact) mass is 908 g/mol. The fraction of sp³-hybridized carbons (Fsp3) is 0.564. The van der Waals surface area contributed by atoms with Gasteiger partial charge in [0.1, 0.15) is 35.2 Å². The molecule has 63 heavy (non-hydrogen) atoms. The summed E-state index contributed by atoms with van der Waals surface area (Å²) >= 11 is 0. The number of aldehydes is 1. The Labute approximate surface area is 366 Å². The van der Waals surface area contributed by atoms with E-state index < -0.39 is 114 Å². The lowest BCUT2D eigenvalue weighted by Crippen LogP contribution is -2.58. The van der Waals surface area contributed by atoms with Crippen LogP contribution < -0.4 is 43.0 Å². The van der Waals surface area contributed by atoms with Crippen LogP contribution in [0.15, 0.2) is 23.2 Å². The zero-order valence-electron chi connectivity index (χ0n) is 35.9. The number of aryl methyl sites for hydroxylation is 1. The molecular weight excluding hydrogens is 849 g/mol. The van der Waals surface area contributed by atoms with Crippen molar-refractivity contribution in [3.05, 3.63) is 23.8 Å². The highest BCUT2D eigenvalue weighted by Gasteiger charge is 2.42. The second-order valence-electron chi connectivity index (χ2n) is 14.7. The van der Waals surface area contributed by atoms with Crippen molar-refractivity contribution in [1.29, 1.82) is 0 Å². The van der Waals surface area contributed by atoms with Crippen molar-refractivity contribution in [2.75, 3.05) is 52.6 Å². The maximum absolute atomic E-state index is 13.3. The Morgan fingerprint density at radius 1 is 0.952 bits per heavy atom. The number of phenolic OH excluding ortho intramolecular Hbond substituents is 1. The second-order valence-corrected chi connectivity index (χ2v) is 16.1. The Bertz CT molecular complexity index is 1980. The second kappa shape index (κ2) is 26.5. The first kappa shape index (κ1) is 53.2. The summed E-state index contributed by atoms with van der Waals surface area (Å²) in [4.78, 5) is 114. The molecule has 3 rings (SSSR count). The number of likely N-dealkylation sites (N-methyl/N-ethyl adjacent to an activating group) is 1. The fourth-order valence-corrected chi connectivity index (χ4v) is 7.32. The zero-order valence-corrected chi connectivity index (χ0v) is 36.7. The highest BCUT2D eigenvalue weighted by atomic mass is 32.2. The number of rotatable bonds is 23. The number of nitrogens with zero attached hydrogens (tertiary/aromatic N) is 1. The summed E-state index contributed by atoms with van der Waals surface area (Å²) in [5.41, 5.74) is 7.03. The third kappa shape index (κ3) is 17.0. The van der Waals surface area contributed by atoms with E-state index in [4.69, 9.17) is 5.73 Å². The normalized spacial score (nSPS) is 16.8. The van der Waals surface area contributed by atoms with E-state index in [-0.39, 0.29) is 51.1 Å². The van der Waals surface area contributed by atoms with Crippen molar-refractivity contribution in [3.8, 4) is 5.75 Å². The van der Waals surface area contributed by atoms with Crippen LogP contribution >= 0.6 is 0 Å². The number of benzene rings is 1. The van der Waals surface area contributed by atoms with Crippen LogP contribution in [0.3, 0.4) is 0 Å². The Morgan fingerprint density at radius 2 is 1.59 bits per heavy atom. The maximum Gasteiger partial charge on any atom is 0.243 e. The molecule has 23 nitrogen and oxygen atoms in total. The smallest absolute Gasteiger partial charge is 0.243 e. The van der Waals surface area contributed by atoms with Crippen LogP contribution in [-0.2, 0) is 54.0 Å². The van der Waals surface area contributed by atoms with Crippen LogP contribution in [0.5, 0.6) is 5.75 Å². The van der Waals surface area contributed by atoms with E-state index in [1.54, 1.807) is 32.2 Å². The summed E-state index contributed by atoms with van der Waals surface area (Å²) in [5, 5.41) is 47.6. The first-order chi connectivity index (χ1) is 29.8. The number of nitrogens with two attached hydrogens (primary N) is 1. The quantitative estimate of drug-likeness (QED) is 0.0471. The molecule has 0 radical (unpaired) electrons. The number of β-amino-alcohol motifs (C(OH)–C–C–N with tert-alkyl or cyclic N) is 1. The summed E-state index contributed by atoms with van der Waals surface area (Å²) in [6.45, 7) is 2.94. The molecule has 13 N–H and O–H groups in total. The predicted octanol–water partition coefficient (Wildman–Crippen LogP) is -4.22. The minimum absolute atomic E-state index is 0.0804. The van der Waals surface area contributed by atoms with Gasteiger partial charge in [-0.2, -0.15) is 0 Å². The lowest BCUT2D eigenvalue weighted by Gasteiger charge is -2.30. The van der Waals surface area contributed by atoms with Crippen LogP contribution in [-0.4, -0.2) is 166 Å². The van der Waals surface area contributed by atoms with Gasteiger partial charge in [0.15, 0.2) is 0 Å². The third-order valence-electron chi connectivity index (χ3n) is 9.84. The molecule has 1 saturated heterocycles. The molecule has 1 fully saturated rings. The first-order valence-corrected chi connectivity index (χ1v) is 21.7. The van der Waals surface area contributed by atoms with Crippen LogP contribution in [0.2, 0.25) is 0 Å². The van der Waals surface area contributed by atoms with Crippen molar-refractivity contribution in [1.82, 2.24) is 47.1 Å². The van der Waals surface area contributed by atoms with Gasteiger partial charge in [-0.05, 0) is 50.4 Å². The molecule has 1 aliphatic rings. The summed E-state index contributed by atoms with van der Waals surface area (Å²) in [6, 6.07) is 0.573. The molecule has 8 amide bonds. The molecule has 0 spiro atoms. The number of hydrogen-bond donors (Lipinski definition) is 12. The van der Waals surface area contributed by atoms with Gasteiger partial charge in [-0.25, -0.2) is 0 Å². The average molecular weight is 909 g/mol. The van der Waals surface area contributed by atoms with Crippen molar-refractivity contribution in [2.45, 2.75) is 88.2 Å². The highest BCUT2D eigenvalue weighted by molar-refractivity contribution is 7.84. The topological polar surface area (TPSA) is 361 Å². The SMILES string of the molecule is CCCC(NC(=O)CNC(=O)CNC(=O)[C@@H](NC(=O)C1C[C@@H](O)CN1C(=O)[C@H](CC(N)=O)NC)C(C)CCO)C(=O)NCC(=O)NCC=O.Cc1c(S(C)=O)[nH]c2cc(O)ccc12. The number of likely N-dealkylation sites (tertiary alicyclic amines) is 1. The summed E-state index contributed by atoms with van der Waals surface area (Å²) < 4.78 is 11.3. The molecule has 2 heterocycles. The first-order valence-electron chi connectivity index (χ1n) is 20.1. The van der Waals surface area contributed by atoms with Gasteiger partial charge in [-0.15, -0.1) is 0 Å². The molecule has 7 atom stereocenters. The van der Waals surface area contributed by atoms with Crippen LogP contribution in [0.4, 0.5) is 0 Å². The molecule has 4 unspecified atom stereocenters. The van der Waals surface area contributed by atoms with Crippen molar-refractivity contribution >= 4 is 75.2 Å². The Balaban J connectivity index is 0.000000812. The number of aromatic nitrogens is 1. The highest BCUT2D eigenvalue weighted by Crippen LogP contribution is 2.26. The average Bonchev–Trinajstić information content (AvgIpc) is 3.79. The summed E-state index contributed by atoms with van der Waals surface area (Å²) in [6.07, 6.45) is 1.38. The molecule has 1 aliphatic heterocycles. The van der Waals surface area contributed by atoms with E-state index in [1.165, 1.54) is 7.05 Å². The standard InChI is InChI=1S/C29H49N9O11.C10H11NO2S/c1-4-5-18(26(46)34-12-22(43)32-7-9-40)36-24(45)14-33-23(44)13-35-28(48)25(16(2)6-8-39)37-27(47)20-10-17(41)15-38(20)29(49)19(31-3)11-21(30)42;1-6-8-4-3-7(12)5-9(8)11-10(6)14(2)13/h9,16-20,25,31,39,41H,4-8,10-15H2,1-3H3,(H2,30,42)(H,32,43)(H,33,44)(H,34,46)(H,35,48)(H,36,45)(H,37,47);3-5,11-12H,1-2H3/t16?,17-,18?,19+,20?,25+;/m1./s1. The van der Waals surface area contributed by atoms with Crippen LogP contribution in [0, 0.1) is 12.8 Å². The molecule has 1 aromatic heterocycles. The number of nitrogens with one attached hydrogen (secondary N) is 8. The van der Waals surface area contributed by atoms with E-state index in [9.17, 15) is 62.7 Å². The molecule has 0 saturated carbocycles. The number of fused-ring (bicyclic) bond motifs is 1. The molecular formula is C39H60N10O13S. The summed E-state index contributed by atoms with van der Waals surface area (Å²) in [7, 11) is 0.413. The zero-order chi connectivity index (χ0) is 47.4. The molecule has 2 aromatic rings. The lowest BCUT2D eigenvalue weighted by atomic mass is 9.97. The van der Waals surface area contributed by atoms with Crippen LogP contribution in [0.1, 0.15) is 51.5 Å². The number of aromatic amines is 1. The maximum atomic E-state index is 13.3. The Morgan fingerprint density at radius 3 is 2.17 bits per heavy atom. The van der Waals surface area contributed by atoms with E-state index >= 15 is 0 Å². The summed E-state index contributed by atoms with van der Waals surface area (Å²) in [5.74, 6) is -6.17. The molecule has 0 bridgehead atoms. The van der Waals surface area contributed by atoms with Crippen molar-refractivity contribution in [3.63, 3.8) is 0 Å².